The molecule has 0 bridgehead atoms. The standard InChI is InChI=1S/C12H9F2N3S/c13-9-1-2-11(14)8(5-9)3-4-16-12-17-7-10(6-15)18-12/h1-2,5,7H,3-4H2,(H,16,17). The van der Waals surface area contributed by atoms with Gasteiger partial charge < -0.3 is 5.32 Å². The molecule has 3 nitrogen and oxygen atoms in total. The minimum Gasteiger partial charge on any atom is -0.361 e. The van der Waals surface area contributed by atoms with E-state index in [0.29, 0.717) is 28.5 Å². The van der Waals surface area contributed by atoms with E-state index in [1.807, 2.05) is 6.07 Å². The molecule has 0 spiro atoms. The number of thiazole rings is 1. The molecule has 0 aliphatic heterocycles. The van der Waals surface area contributed by atoms with Crippen molar-refractivity contribution in [1.29, 1.82) is 5.26 Å². The number of hydrogen-bond acceptors (Lipinski definition) is 4. The number of nitrogens with one attached hydrogen (secondary N) is 1. The molecule has 0 aliphatic carbocycles. The first-order valence-electron chi connectivity index (χ1n) is 5.23. The van der Waals surface area contributed by atoms with Crippen molar-refractivity contribution >= 4 is 16.5 Å². The smallest absolute Gasteiger partial charge is 0.183 e. The fourth-order valence-corrected chi connectivity index (χ4v) is 2.09. The zero-order valence-corrected chi connectivity index (χ0v) is 10.1. The monoisotopic (exact) mass is 265 g/mol. The van der Waals surface area contributed by atoms with Gasteiger partial charge in [-0.15, -0.1) is 0 Å². The van der Waals surface area contributed by atoms with Crippen LogP contribution in [0.2, 0.25) is 0 Å². The van der Waals surface area contributed by atoms with Crippen molar-refractivity contribution in [2.75, 3.05) is 11.9 Å². The van der Waals surface area contributed by atoms with E-state index >= 15 is 0 Å². The molecule has 0 atom stereocenters. The summed E-state index contributed by atoms with van der Waals surface area (Å²) in [6.07, 6.45) is 1.82. The summed E-state index contributed by atoms with van der Waals surface area (Å²) in [5, 5.41) is 12.2. The number of rotatable bonds is 4. The van der Waals surface area contributed by atoms with Crippen molar-refractivity contribution in [3.05, 3.63) is 46.5 Å². The number of nitriles is 1. The lowest BCUT2D eigenvalue weighted by atomic mass is 10.1. The lowest BCUT2D eigenvalue weighted by molar-refractivity contribution is 0.586. The molecule has 0 unspecified atom stereocenters. The zero-order chi connectivity index (χ0) is 13.0. The van der Waals surface area contributed by atoms with Crippen molar-refractivity contribution in [2.45, 2.75) is 6.42 Å². The van der Waals surface area contributed by atoms with Crippen molar-refractivity contribution in [2.24, 2.45) is 0 Å². The normalized spacial score (nSPS) is 10.1. The Morgan fingerprint density at radius 1 is 1.39 bits per heavy atom. The third kappa shape index (κ3) is 3.02. The Bertz CT molecular complexity index is 589. The van der Waals surface area contributed by atoms with Crippen LogP contribution in [0, 0.1) is 23.0 Å². The fourth-order valence-electron chi connectivity index (χ4n) is 1.45. The maximum Gasteiger partial charge on any atom is 0.183 e. The van der Waals surface area contributed by atoms with Gasteiger partial charge in [0.2, 0.25) is 0 Å². The molecule has 1 aromatic heterocycles. The second-order valence-electron chi connectivity index (χ2n) is 3.55. The van der Waals surface area contributed by atoms with E-state index in [4.69, 9.17) is 5.26 Å². The summed E-state index contributed by atoms with van der Waals surface area (Å²) < 4.78 is 26.2. The predicted molar refractivity (Wildman–Crippen MR) is 65.4 cm³/mol. The number of aromatic nitrogens is 1. The highest BCUT2D eigenvalue weighted by Crippen LogP contribution is 2.17. The number of nitrogens with zero attached hydrogens (tertiary/aromatic N) is 2. The summed E-state index contributed by atoms with van der Waals surface area (Å²) in [4.78, 5) is 4.48. The van der Waals surface area contributed by atoms with Crippen LogP contribution in [0.25, 0.3) is 0 Å². The van der Waals surface area contributed by atoms with Crippen LogP contribution >= 0.6 is 11.3 Å². The number of hydrogen-bond donors (Lipinski definition) is 1. The van der Waals surface area contributed by atoms with E-state index in [9.17, 15) is 8.78 Å². The van der Waals surface area contributed by atoms with Gasteiger partial charge in [0.25, 0.3) is 0 Å². The summed E-state index contributed by atoms with van der Waals surface area (Å²) in [6.45, 7) is 0.429. The molecule has 0 amide bonds. The van der Waals surface area contributed by atoms with Gasteiger partial charge in [-0.3, -0.25) is 0 Å². The van der Waals surface area contributed by atoms with Gasteiger partial charge >= 0.3 is 0 Å². The molecule has 18 heavy (non-hydrogen) atoms. The third-order valence-corrected chi connectivity index (χ3v) is 3.15. The van der Waals surface area contributed by atoms with Gasteiger partial charge in [0.15, 0.2) is 5.13 Å². The first-order valence-corrected chi connectivity index (χ1v) is 6.04. The Kier molecular flexibility index (Phi) is 3.85. The Morgan fingerprint density at radius 3 is 2.94 bits per heavy atom. The highest BCUT2D eigenvalue weighted by Gasteiger charge is 2.04. The fraction of sp³-hybridized carbons (Fsp3) is 0.167. The topological polar surface area (TPSA) is 48.7 Å². The van der Waals surface area contributed by atoms with Crippen molar-refractivity contribution in [3.8, 4) is 6.07 Å². The largest absolute Gasteiger partial charge is 0.361 e. The number of benzene rings is 1. The van der Waals surface area contributed by atoms with Gasteiger partial charge in [0, 0.05) is 6.54 Å². The molecule has 1 N–H and O–H groups in total. The first-order chi connectivity index (χ1) is 8.69. The van der Waals surface area contributed by atoms with Gasteiger partial charge in [-0.1, -0.05) is 11.3 Å². The Balaban J connectivity index is 1.92. The van der Waals surface area contributed by atoms with Gasteiger partial charge in [0.05, 0.1) is 6.20 Å². The van der Waals surface area contributed by atoms with Crippen LogP contribution in [0.15, 0.2) is 24.4 Å². The van der Waals surface area contributed by atoms with E-state index in [0.717, 1.165) is 12.1 Å². The van der Waals surface area contributed by atoms with E-state index in [1.165, 1.54) is 23.6 Å². The zero-order valence-electron chi connectivity index (χ0n) is 9.28. The van der Waals surface area contributed by atoms with Crippen molar-refractivity contribution in [1.82, 2.24) is 4.98 Å². The summed E-state index contributed by atoms with van der Waals surface area (Å²) in [7, 11) is 0. The summed E-state index contributed by atoms with van der Waals surface area (Å²) >= 11 is 1.22. The van der Waals surface area contributed by atoms with E-state index in [-0.39, 0.29) is 0 Å². The van der Waals surface area contributed by atoms with Crippen LogP contribution < -0.4 is 5.32 Å². The Labute approximate surface area is 107 Å². The average molecular weight is 265 g/mol. The highest BCUT2D eigenvalue weighted by molar-refractivity contribution is 7.16. The SMILES string of the molecule is N#Cc1cnc(NCCc2cc(F)ccc2F)s1. The molecule has 0 saturated carbocycles. The molecule has 0 aliphatic rings. The second-order valence-corrected chi connectivity index (χ2v) is 4.58. The lowest BCUT2D eigenvalue weighted by Crippen LogP contribution is -2.06. The highest BCUT2D eigenvalue weighted by atomic mass is 32.1. The van der Waals surface area contributed by atoms with E-state index in [2.05, 4.69) is 10.3 Å². The summed E-state index contributed by atoms with van der Waals surface area (Å²) in [5.74, 6) is -0.873. The molecule has 2 rings (SSSR count). The van der Waals surface area contributed by atoms with Crippen LogP contribution in [0.1, 0.15) is 10.4 Å². The van der Waals surface area contributed by atoms with E-state index in [1.54, 1.807) is 0 Å². The van der Waals surface area contributed by atoms with Gasteiger partial charge in [-0.05, 0) is 30.2 Å². The quantitative estimate of drug-likeness (QED) is 0.924. The molecule has 0 radical (unpaired) electrons. The molecule has 1 aromatic carbocycles. The van der Waals surface area contributed by atoms with Gasteiger partial charge in [-0.2, -0.15) is 5.26 Å². The van der Waals surface area contributed by atoms with Gasteiger partial charge in [0.1, 0.15) is 22.6 Å². The summed E-state index contributed by atoms with van der Waals surface area (Å²) in [5.41, 5.74) is 0.319. The van der Waals surface area contributed by atoms with Crippen LogP contribution in [0.3, 0.4) is 0 Å². The molecular formula is C12H9F2N3S. The van der Waals surface area contributed by atoms with E-state index < -0.39 is 11.6 Å². The maximum atomic E-state index is 13.3. The summed E-state index contributed by atoms with van der Waals surface area (Å²) in [6, 6.07) is 5.36. The minimum atomic E-state index is -0.451. The van der Waals surface area contributed by atoms with Crippen LogP contribution in [-0.4, -0.2) is 11.5 Å². The van der Waals surface area contributed by atoms with Crippen LogP contribution in [0.5, 0.6) is 0 Å². The molecule has 0 fully saturated rings. The van der Waals surface area contributed by atoms with Crippen LogP contribution in [0.4, 0.5) is 13.9 Å². The lowest BCUT2D eigenvalue weighted by Gasteiger charge is -2.04. The Morgan fingerprint density at radius 2 is 2.22 bits per heavy atom. The third-order valence-electron chi connectivity index (χ3n) is 2.29. The van der Waals surface area contributed by atoms with Crippen molar-refractivity contribution in [3.63, 3.8) is 0 Å². The average Bonchev–Trinajstić information content (AvgIpc) is 2.81. The molecule has 92 valence electrons. The molecule has 1 heterocycles. The van der Waals surface area contributed by atoms with Gasteiger partial charge in [-0.25, -0.2) is 13.8 Å². The van der Waals surface area contributed by atoms with Crippen LogP contribution in [-0.2, 0) is 6.42 Å². The number of anilines is 1. The molecule has 2 aromatic rings. The first kappa shape index (κ1) is 12.5. The molecular weight excluding hydrogens is 256 g/mol. The predicted octanol–water partition coefficient (Wildman–Crippen LogP) is 2.95. The second kappa shape index (κ2) is 5.56. The number of halogens is 2. The molecule has 0 saturated heterocycles. The van der Waals surface area contributed by atoms with Crippen molar-refractivity contribution < 1.29 is 8.78 Å². The minimum absolute atomic E-state index is 0.319. The molecule has 6 heteroatoms. The Hall–Kier alpha value is -2.00. The maximum absolute atomic E-state index is 13.3.